The molecule has 4 rings (SSSR count). The van der Waals surface area contributed by atoms with Gasteiger partial charge in [-0.25, -0.2) is 0 Å². The number of fused-ring (bicyclic) bond motifs is 2. The van der Waals surface area contributed by atoms with E-state index in [0.29, 0.717) is 0 Å². The lowest BCUT2D eigenvalue weighted by Gasteiger charge is -2.34. The van der Waals surface area contributed by atoms with Crippen LogP contribution in [0.25, 0.3) is 0 Å². The van der Waals surface area contributed by atoms with Crippen LogP contribution in [0.2, 0.25) is 0 Å². The van der Waals surface area contributed by atoms with Gasteiger partial charge >= 0.3 is 5.97 Å². The Hall–Kier alpha value is -2.69. The second-order valence-corrected chi connectivity index (χ2v) is 6.93. The Labute approximate surface area is 152 Å². The van der Waals surface area contributed by atoms with Gasteiger partial charge in [0.2, 0.25) is 0 Å². The van der Waals surface area contributed by atoms with Crippen molar-refractivity contribution in [2.45, 2.75) is 25.2 Å². The van der Waals surface area contributed by atoms with Crippen molar-refractivity contribution in [3.8, 4) is 23.0 Å². The molecule has 1 aliphatic carbocycles. The van der Waals surface area contributed by atoms with Crippen molar-refractivity contribution in [1.29, 1.82) is 0 Å². The van der Waals surface area contributed by atoms with E-state index in [4.69, 9.17) is 14.2 Å². The van der Waals surface area contributed by atoms with Gasteiger partial charge in [-0.15, -0.1) is 0 Å². The third kappa shape index (κ3) is 2.68. The molecule has 0 saturated heterocycles. The lowest BCUT2D eigenvalue weighted by atomic mass is 9.74. The van der Waals surface area contributed by atoms with Crippen molar-refractivity contribution in [3.05, 3.63) is 47.5 Å². The molecule has 2 aromatic carbocycles. The van der Waals surface area contributed by atoms with Crippen molar-refractivity contribution < 1.29 is 24.1 Å². The van der Waals surface area contributed by atoms with Crippen LogP contribution in [-0.4, -0.2) is 25.3 Å². The first-order chi connectivity index (χ1) is 12.6. The van der Waals surface area contributed by atoms with E-state index in [2.05, 4.69) is 0 Å². The van der Waals surface area contributed by atoms with Gasteiger partial charge in [-0.1, -0.05) is 18.6 Å². The Morgan fingerprint density at radius 2 is 1.58 bits per heavy atom. The molecule has 1 N–H and O–H groups in total. The summed E-state index contributed by atoms with van der Waals surface area (Å²) < 4.78 is 16.8. The van der Waals surface area contributed by atoms with Crippen molar-refractivity contribution in [2.24, 2.45) is 11.8 Å². The lowest BCUT2D eigenvalue weighted by molar-refractivity contribution is -0.143. The number of hydrogen-bond donors (Lipinski definition) is 1. The van der Waals surface area contributed by atoms with Gasteiger partial charge in [-0.2, -0.15) is 0 Å². The molecule has 1 aliphatic heterocycles. The molecule has 1 fully saturated rings. The fourth-order valence-corrected chi connectivity index (χ4v) is 4.42. The molecule has 136 valence electrons. The number of rotatable bonds is 4. The summed E-state index contributed by atoms with van der Waals surface area (Å²) in [6, 6.07) is 11.6. The standard InChI is InChI=1S/C21H22O5/c1-24-12-6-8-16-18(10-12)26-19-11-13(25-2)7-9-17(19)20(16)14-4-3-5-15(14)21(22)23/h6-11,14-15,20H,3-5H2,1-2H3,(H,22,23). The average Bonchev–Trinajstić information content (AvgIpc) is 3.14. The summed E-state index contributed by atoms with van der Waals surface area (Å²) in [4.78, 5) is 11.8. The van der Waals surface area contributed by atoms with Crippen molar-refractivity contribution in [3.63, 3.8) is 0 Å². The molecule has 0 spiro atoms. The summed E-state index contributed by atoms with van der Waals surface area (Å²) in [6.07, 6.45) is 2.57. The monoisotopic (exact) mass is 354 g/mol. The highest BCUT2D eigenvalue weighted by Gasteiger charge is 2.43. The molecular formula is C21H22O5. The Morgan fingerprint density at radius 3 is 2.08 bits per heavy atom. The predicted molar refractivity (Wildman–Crippen MR) is 96.4 cm³/mol. The first kappa shape index (κ1) is 16.8. The van der Waals surface area contributed by atoms with E-state index in [1.165, 1.54) is 0 Å². The van der Waals surface area contributed by atoms with Crippen molar-refractivity contribution in [1.82, 2.24) is 0 Å². The molecule has 2 atom stereocenters. The molecule has 0 radical (unpaired) electrons. The molecule has 2 aliphatic rings. The van der Waals surface area contributed by atoms with Gasteiger partial charge < -0.3 is 19.3 Å². The molecule has 5 nitrogen and oxygen atoms in total. The third-order valence-corrected chi connectivity index (χ3v) is 5.65. The SMILES string of the molecule is COc1ccc2c(c1)Oc1cc(OC)ccc1C2C1CCCC1C(=O)O. The topological polar surface area (TPSA) is 65.0 Å². The van der Waals surface area contributed by atoms with Crippen molar-refractivity contribution >= 4 is 5.97 Å². The summed E-state index contributed by atoms with van der Waals surface area (Å²) in [7, 11) is 3.24. The van der Waals surface area contributed by atoms with Crippen molar-refractivity contribution in [2.75, 3.05) is 14.2 Å². The van der Waals surface area contributed by atoms with Crippen LogP contribution in [-0.2, 0) is 4.79 Å². The molecule has 1 saturated carbocycles. The second kappa shape index (κ2) is 6.56. The second-order valence-electron chi connectivity index (χ2n) is 6.93. The fraction of sp³-hybridized carbons (Fsp3) is 0.381. The quantitative estimate of drug-likeness (QED) is 0.879. The molecule has 0 bridgehead atoms. The van der Waals surface area contributed by atoms with E-state index < -0.39 is 5.97 Å². The van der Waals surface area contributed by atoms with Crippen LogP contribution in [0.15, 0.2) is 36.4 Å². The Balaban J connectivity index is 1.86. The zero-order valence-electron chi connectivity index (χ0n) is 14.9. The molecule has 0 amide bonds. The van der Waals surface area contributed by atoms with E-state index in [1.54, 1.807) is 14.2 Å². The van der Waals surface area contributed by atoms with E-state index in [-0.39, 0.29) is 17.8 Å². The average molecular weight is 354 g/mol. The minimum atomic E-state index is -0.705. The Morgan fingerprint density at radius 1 is 1.00 bits per heavy atom. The number of methoxy groups -OCH3 is 2. The van der Waals surface area contributed by atoms with Crippen LogP contribution in [0.4, 0.5) is 0 Å². The number of carbonyl (C=O) groups is 1. The van der Waals surface area contributed by atoms with Gasteiger partial charge in [-0.3, -0.25) is 4.79 Å². The number of ether oxygens (including phenoxy) is 3. The van der Waals surface area contributed by atoms with E-state index in [0.717, 1.165) is 53.4 Å². The molecule has 2 aromatic rings. The van der Waals surface area contributed by atoms with Gasteiger partial charge in [-0.05, 0) is 30.9 Å². The zero-order valence-corrected chi connectivity index (χ0v) is 14.9. The van der Waals surface area contributed by atoms with E-state index in [1.807, 2.05) is 36.4 Å². The predicted octanol–water partition coefficient (Wildman–Crippen LogP) is 4.44. The normalized spacial score (nSPS) is 21.5. The molecule has 0 aromatic heterocycles. The van der Waals surface area contributed by atoms with E-state index in [9.17, 15) is 9.90 Å². The molecular weight excluding hydrogens is 332 g/mol. The lowest BCUT2D eigenvalue weighted by Crippen LogP contribution is -2.26. The summed E-state index contributed by atoms with van der Waals surface area (Å²) in [5.74, 6) is 1.90. The summed E-state index contributed by atoms with van der Waals surface area (Å²) in [5.41, 5.74) is 2.06. The van der Waals surface area contributed by atoms with Gasteiger partial charge in [0.05, 0.1) is 20.1 Å². The summed E-state index contributed by atoms with van der Waals surface area (Å²) in [6.45, 7) is 0. The highest BCUT2D eigenvalue weighted by atomic mass is 16.5. The fourth-order valence-electron chi connectivity index (χ4n) is 4.42. The molecule has 5 heteroatoms. The van der Waals surface area contributed by atoms with Crippen LogP contribution < -0.4 is 14.2 Å². The largest absolute Gasteiger partial charge is 0.497 e. The van der Waals surface area contributed by atoms with E-state index >= 15 is 0 Å². The van der Waals surface area contributed by atoms with Gasteiger partial charge in [0.15, 0.2) is 0 Å². The maximum absolute atomic E-state index is 11.8. The van der Waals surface area contributed by atoms with Crippen LogP contribution >= 0.6 is 0 Å². The number of carboxylic acids is 1. The number of hydrogen-bond acceptors (Lipinski definition) is 4. The highest BCUT2D eigenvalue weighted by Crippen LogP contribution is 2.54. The summed E-state index contributed by atoms with van der Waals surface area (Å²) in [5, 5.41) is 9.70. The van der Waals surface area contributed by atoms with Gasteiger partial charge in [0.1, 0.15) is 23.0 Å². The first-order valence-electron chi connectivity index (χ1n) is 8.89. The third-order valence-electron chi connectivity index (χ3n) is 5.65. The van der Waals surface area contributed by atoms with Gasteiger partial charge in [0.25, 0.3) is 0 Å². The number of benzene rings is 2. The van der Waals surface area contributed by atoms with Crippen LogP contribution in [0.3, 0.4) is 0 Å². The Bertz CT molecular complexity index is 791. The smallest absolute Gasteiger partial charge is 0.306 e. The van der Waals surface area contributed by atoms with Gasteiger partial charge in [0, 0.05) is 29.2 Å². The minimum Gasteiger partial charge on any atom is -0.497 e. The maximum atomic E-state index is 11.8. The van der Waals surface area contributed by atoms with Crippen LogP contribution in [0.1, 0.15) is 36.3 Å². The maximum Gasteiger partial charge on any atom is 0.306 e. The Kier molecular flexibility index (Phi) is 4.23. The molecule has 1 heterocycles. The number of aliphatic carboxylic acids is 1. The number of carboxylic acid groups (broad SMARTS) is 1. The van der Waals surface area contributed by atoms with Crippen LogP contribution in [0, 0.1) is 11.8 Å². The minimum absolute atomic E-state index is 0.00541. The van der Waals surface area contributed by atoms with Crippen LogP contribution in [0.5, 0.6) is 23.0 Å². The molecule has 26 heavy (non-hydrogen) atoms. The first-order valence-corrected chi connectivity index (χ1v) is 8.89. The summed E-state index contributed by atoms with van der Waals surface area (Å²) >= 11 is 0. The molecule has 2 unspecified atom stereocenters. The highest BCUT2D eigenvalue weighted by molar-refractivity contribution is 5.71. The zero-order chi connectivity index (χ0) is 18.3.